The van der Waals surface area contributed by atoms with E-state index < -0.39 is 44.0 Å². The number of anilines is 1. The van der Waals surface area contributed by atoms with Gasteiger partial charge >= 0.3 is 0 Å². The summed E-state index contributed by atoms with van der Waals surface area (Å²) in [6, 6.07) is 16.1. The number of nitrogens with zero attached hydrogens (tertiary/aromatic N) is 2. The Hall–Kier alpha value is -3.16. The number of rotatable bonds is 9. The first-order valence-electron chi connectivity index (χ1n) is 13.3. The Morgan fingerprint density at radius 3 is 2.29 bits per heavy atom. The highest BCUT2D eigenvalue weighted by molar-refractivity contribution is 7.92. The molecule has 0 aliphatic carbocycles. The van der Waals surface area contributed by atoms with Crippen LogP contribution in [-0.2, 0) is 20.0 Å². The number of hydrogen-bond donors (Lipinski definition) is 2. The van der Waals surface area contributed by atoms with Crippen LogP contribution in [0.3, 0.4) is 0 Å². The number of benzene rings is 3. The van der Waals surface area contributed by atoms with Gasteiger partial charge < -0.3 is 14.7 Å². The molecular formula is C29H34ClN3O7S2. The molecule has 1 aliphatic heterocycles. The molecule has 1 heterocycles. The van der Waals surface area contributed by atoms with Gasteiger partial charge in [-0.15, -0.1) is 0 Å². The number of amides is 1. The van der Waals surface area contributed by atoms with Gasteiger partial charge in [-0.1, -0.05) is 42.3 Å². The van der Waals surface area contributed by atoms with Crippen LogP contribution >= 0.6 is 11.6 Å². The third kappa shape index (κ3) is 6.73. The largest absolute Gasteiger partial charge is 0.486 e. The molecule has 0 fully saturated rings. The molecule has 226 valence electrons. The SMILES string of the molecule is Cc1ccc(S(=O)(=O)Nc2cccc3c2O[C@H](CN(C)S(=O)(=O)c2ccc(Cl)cc2)[C@@H](C)CN([C@@H](C)CO)C3=O)cc1. The van der Waals surface area contributed by atoms with Gasteiger partial charge in [0, 0.05) is 24.5 Å². The Labute approximate surface area is 252 Å². The van der Waals surface area contributed by atoms with Crippen molar-refractivity contribution in [2.24, 2.45) is 5.92 Å². The van der Waals surface area contributed by atoms with Gasteiger partial charge in [0.25, 0.3) is 15.9 Å². The van der Waals surface area contributed by atoms with E-state index in [4.69, 9.17) is 16.3 Å². The number of para-hydroxylation sites is 1. The number of hydrogen-bond acceptors (Lipinski definition) is 7. The van der Waals surface area contributed by atoms with Crippen LogP contribution in [-0.4, -0.2) is 75.9 Å². The molecule has 0 saturated carbocycles. The molecule has 2 N–H and O–H groups in total. The van der Waals surface area contributed by atoms with E-state index in [1.807, 2.05) is 13.8 Å². The van der Waals surface area contributed by atoms with Gasteiger partial charge in [-0.25, -0.2) is 16.8 Å². The predicted molar refractivity (Wildman–Crippen MR) is 161 cm³/mol. The molecule has 0 spiro atoms. The second-order valence-electron chi connectivity index (χ2n) is 10.5. The molecule has 0 bridgehead atoms. The summed E-state index contributed by atoms with van der Waals surface area (Å²) < 4.78 is 63.4. The molecule has 0 radical (unpaired) electrons. The topological polar surface area (TPSA) is 133 Å². The van der Waals surface area contributed by atoms with Crippen LogP contribution in [0.25, 0.3) is 0 Å². The third-order valence-corrected chi connectivity index (χ3v) is 10.7. The number of halogens is 1. The maximum Gasteiger partial charge on any atom is 0.262 e. The van der Waals surface area contributed by atoms with Crippen molar-refractivity contribution >= 4 is 43.2 Å². The van der Waals surface area contributed by atoms with Crippen LogP contribution in [0.5, 0.6) is 5.75 Å². The Morgan fingerprint density at radius 1 is 1.05 bits per heavy atom. The minimum absolute atomic E-state index is 0.0251. The van der Waals surface area contributed by atoms with Gasteiger partial charge in [0.15, 0.2) is 5.75 Å². The number of ether oxygens (including phenoxy) is 1. The molecule has 0 unspecified atom stereocenters. The highest BCUT2D eigenvalue weighted by Crippen LogP contribution is 2.36. The zero-order valence-corrected chi connectivity index (χ0v) is 26.1. The number of aryl methyl sites for hydroxylation is 1. The molecule has 3 aromatic carbocycles. The first-order valence-corrected chi connectivity index (χ1v) is 16.6. The van der Waals surface area contributed by atoms with Crippen LogP contribution in [0.2, 0.25) is 5.02 Å². The first-order chi connectivity index (χ1) is 19.7. The number of sulfonamides is 2. The van der Waals surface area contributed by atoms with Crippen molar-refractivity contribution in [3.05, 3.63) is 82.9 Å². The summed E-state index contributed by atoms with van der Waals surface area (Å²) in [5.74, 6) is -0.890. The van der Waals surface area contributed by atoms with Gasteiger partial charge in [-0.05, 0) is 62.4 Å². The minimum Gasteiger partial charge on any atom is -0.486 e. The van der Waals surface area contributed by atoms with Gasteiger partial charge in [-0.2, -0.15) is 4.31 Å². The summed E-state index contributed by atoms with van der Waals surface area (Å²) in [4.78, 5) is 15.3. The normalized spacial score (nSPS) is 18.5. The fourth-order valence-corrected chi connectivity index (χ4v) is 6.97. The number of fused-ring (bicyclic) bond motifs is 1. The van der Waals surface area contributed by atoms with Gasteiger partial charge in [0.1, 0.15) is 6.10 Å². The molecule has 10 nitrogen and oxygen atoms in total. The van der Waals surface area contributed by atoms with E-state index in [2.05, 4.69) is 4.72 Å². The van der Waals surface area contributed by atoms with Crippen molar-refractivity contribution < 1.29 is 31.5 Å². The van der Waals surface area contributed by atoms with Crippen molar-refractivity contribution in [1.82, 2.24) is 9.21 Å². The Morgan fingerprint density at radius 2 is 1.67 bits per heavy atom. The maximum absolute atomic E-state index is 13.7. The second kappa shape index (κ2) is 12.6. The summed E-state index contributed by atoms with van der Waals surface area (Å²) in [6.45, 7) is 5.10. The molecule has 42 heavy (non-hydrogen) atoms. The summed E-state index contributed by atoms with van der Waals surface area (Å²) in [6.07, 6.45) is -0.803. The molecule has 3 atom stereocenters. The lowest BCUT2D eigenvalue weighted by Gasteiger charge is -2.38. The van der Waals surface area contributed by atoms with Crippen LogP contribution in [0.4, 0.5) is 5.69 Å². The van der Waals surface area contributed by atoms with Crippen molar-refractivity contribution in [3.63, 3.8) is 0 Å². The maximum atomic E-state index is 13.7. The van der Waals surface area contributed by atoms with Crippen LogP contribution < -0.4 is 9.46 Å². The number of carbonyl (C=O) groups is 1. The highest BCUT2D eigenvalue weighted by Gasteiger charge is 2.36. The van der Waals surface area contributed by atoms with E-state index in [9.17, 15) is 26.7 Å². The molecule has 0 aromatic heterocycles. The Kier molecular flexibility index (Phi) is 9.53. The molecule has 4 rings (SSSR count). The summed E-state index contributed by atoms with van der Waals surface area (Å²) in [7, 11) is -6.58. The van der Waals surface area contributed by atoms with E-state index in [0.717, 1.165) is 9.87 Å². The van der Waals surface area contributed by atoms with Crippen molar-refractivity contribution in [2.45, 2.75) is 42.7 Å². The second-order valence-corrected chi connectivity index (χ2v) is 14.6. The number of likely N-dealkylation sites (N-methyl/N-ethyl adjacent to an activating group) is 1. The zero-order valence-electron chi connectivity index (χ0n) is 23.7. The highest BCUT2D eigenvalue weighted by atomic mass is 35.5. The third-order valence-electron chi connectivity index (χ3n) is 7.23. The number of nitrogens with one attached hydrogen (secondary N) is 1. The lowest BCUT2D eigenvalue weighted by molar-refractivity contribution is 0.0389. The molecule has 1 aliphatic rings. The molecule has 13 heteroatoms. The fourth-order valence-electron chi connectivity index (χ4n) is 4.60. The number of aliphatic hydroxyl groups is 1. The van der Waals surface area contributed by atoms with E-state index in [1.54, 1.807) is 19.1 Å². The average molecular weight is 636 g/mol. The Balaban J connectivity index is 1.76. The standard InChI is InChI=1S/C29H34ClN3O7S2/c1-19-8-12-23(13-9-19)41(36,37)31-26-7-5-6-25-28(26)40-27(20(2)16-33(29(25)35)21(3)18-34)17-32(4)42(38,39)24-14-10-22(30)11-15-24/h5-15,20-21,27,31,34H,16-18H2,1-4H3/t20-,21-,27+/m0/s1. The number of carbonyl (C=O) groups excluding carboxylic acids is 1. The fraction of sp³-hybridized carbons (Fsp3) is 0.345. The first kappa shape index (κ1) is 31.8. The zero-order chi connectivity index (χ0) is 30.8. The average Bonchev–Trinajstić information content (AvgIpc) is 2.95. The van der Waals surface area contributed by atoms with Gasteiger partial charge in [0.05, 0.1) is 40.2 Å². The molecule has 1 amide bonds. The van der Waals surface area contributed by atoms with E-state index in [1.165, 1.54) is 66.5 Å². The number of aliphatic hydroxyl groups excluding tert-OH is 1. The van der Waals surface area contributed by atoms with Crippen molar-refractivity contribution in [2.75, 3.05) is 31.5 Å². The summed E-state index contributed by atoms with van der Waals surface area (Å²) >= 11 is 5.94. The monoisotopic (exact) mass is 635 g/mol. The quantitative estimate of drug-likeness (QED) is 0.363. The van der Waals surface area contributed by atoms with Crippen LogP contribution in [0.15, 0.2) is 76.5 Å². The summed E-state index contributed by atoms with van der Waals surface area (Å²) in [5.41, 5.74) is 1.00. The Bertz CT molecular complexity index is 1650. The molecular weight excluding hydrogens is 602 g/mol. The van der Waals surface area contributed by atoms with E-state index >= 15 is 0 Å². The van der Waals surface area contributed by atoms with Crippen LogP contribution in [0.1, 0.15) is 29.8 Å². The van der Waals surface area contributed by atoms with Crippen molar-refractivity contribution in [3.8, 4) is 5.75 Å². The molecule has 3 aromatic rings. The lowest BCUT2D eigenvalue weighted by Crippen LogP contribution is -2.50. The van der Waals surface area contributed by atoms with E-state index in [-0.39, 0.29) is 46.5 Å². The summed E-state index contributed by atoms with van der Waals surface area (Å²) in [5, 5.41) is 10.3. The van der Waals surface area contributed by atoms with Gasteiger partial charge in [0.2, 0.25) is 10.0 Å². The van der Waals surface area contributed by atoms with Crippen molar-refractivity contribution in [1.29, 1.82) is 0 Å². The minimum atomic E-state index is -4.07. The predicted octanol–water partition coefficient (Wildman–Crippen LogP) is 3.99. The van der Waals surface area contributed by atoms with Gasteiger partial charge in [-0.3, -0.25) is 9.52 Å². The van der Waals surface area contributed by atoms with E-state index in [0.29, 0.717) is 5.02 Å². The lowest BCUT2D eigenvalue weighted by atomic mass is 9.99. The molecule has 0 saturated heterocycles. The van der Waals surface area contributed by atoms with Crippen LogP contribution in [0, 0.1) is 12.8 Å². The smallest absolute Gasteiger partial charge is 0.262 e.